The zero-order valence-electron chi connectivity index (χ0n) is 34.4. The predicted molar refractivity (Wildman–Crippen MR) is 270 cm³/mol. The first kappa shape index (κ1) is 36.8. The van der Waals surface area contributed by atoms with Crippen LogP contribution in [0.5, 0.6) is 0 Å². The molecule has 0 aliphatic carbocycles. The summed E-state index contributed by atoms with van der Waals surface area (Å²) in [6.45, 7) is 0. The first-order valence-corrected chi connectivity index (χ1v) is 22.3. The van der Waals surface area contributed by atoms with E-state index in [1.807, 2.05) is 11.3 Å². The van der Waals surface area contributed by atoms with Crippen LogP contribution in [0.3, 0.4) is 0 Å². The molecule has 0 aliphatic rings. The Morgan fingerprint density at radius 3 is 1.56 bits per heavy atom. The number of fused-ring (bicyclic) bond motifs is 6. The Bertz CT molecular complexity index is 3580. The predicted octanol–water partition coefficient (Wildman–Crippen LogP) is 17.3. The lowest BCUT2D eigenvalue weighted by molar-refractivity contribution is 1.18. The molecule has 0 spiro atoms. The van der Waals surface area contributed by atoms with Crippen molar-refractivity contribution in [2.45, 2.75) is 0 Å². The van der Waals surface area contributed by atoms with Gasteiger partial charge in [0.2, 0.25) is 0 Å². The standard InChI is InChI=1S/C60H40N2S/c1-2-17-42(18-3-1)47-21-4-5-22-48(47)49-23-6-7-24-50(49)51-25-8-12-29-56(51)61(46-37-38-55-54-28-11-15-32-59(54)63-60(55)40-46)44-35-33-41(34-36-44)43-19-16-20-45(39-43)62-57-30-13-9-26-52(57)53-27-10-14-31-58(53)62/h1-40H. The Labute approximate surface area is 370 Å². The van der Waals surface area contributed by atoms with Crippen molar-refractivity contribution in [3.8, 4) is 50.2 Å². The second kappa shape index (κ2) is 15.5. The number of para-hydroxylation sites is 3. The fourth-order valence-electron chi connectivity index (χ4n) is 9.55. The third-order valence-electron chi connectivity index (χ3n) is 12.4. The Morgan fingerprint density at radius 2 is 0.825 bits per heavy atom. The van der Waals surface area contributed by atoms with E-state index in [0.29, 0.717) is 0 Å². The lowest BCUT2D eigenvalue weighted by atomic mass is 9.88. The number of nitrogens with zero attached hydrogens (tertiary/aromatic N) is 2. The SMILES string of the molecule is c1ccc(-c2ccccc2-c2ccccc2-c2ccccc2N(c2ccc(-c3cccc(-n4c5ccccc5c5ccccc54)c3)cc2)c2ccc3c(c2)sc2ccccc23)cc1. The average molecular weight is 821 g/mol. The molecule has 63 heavy (non-hydrogen) atoms. The van der Waals surface area contributed by atoms with E-state index >= 15 is 0 Å². The van der Waals surface area contributed by atoms with Crippen molar-refractivity contribution in [2.75, 3.05) is 4.90 Å². The maximum atomic E-state index is 2.44. The molecule has 0 saturated carbocycles. The first-order valence-electron chi connectivity index (χ1n) is 21.5. The summed E-state index contributed by atoms with van der Waals surface area (Å²) in [5, 5.41) is 5.11. The van der Waals surface area contributed by atoms with Gasteiger partial charge in [0.05, 0.1) is 16.7 Å². The van der Waals surface area contributed by atoms with Crippen LogP contribution in [0.15, 0.2) is 243 Å². The summed E-state index contributed by atoms with van der Waals surface area (Å²) in [6, 6.07) is 88.4. The number of anilines is 3. The van der Waals surface area contributed by atoms with Gasteiger partial charge in [-0.2, -0.15) is 0 Å². The molecule has 2 heterocycles. The van der Waals surface area contributed by atoms with Crippen molar-refractivity contribution >= 4 is 70.4 Å². The summed E-state index contributed by atoms with van der Waals surface area (Å²) in [7, 11) is 0. The first-order chi connectivity index (χ1) is 31.3. The van der Waals surface area contributed by atoms with Crippen LogP contribution >= 0.6 is 11.3 Å². The molecule has 12 aromatic rings. The number of aromatic nitrogens is 1. The molecule has 0 aliphatic heterocycles. The molecule has 0 atom stereocenters. The van der Waals surface area contributed by atoms with E-state index in [0.717, 1.165) is 33.9 Å². The Kier molecular flexibility index (Phi) is 9.06. The summed E-state index contributed by atoms with van der Waals surface area (Å²) in [5.41, 5.74) is 16.4. The summed E-state index contributed by atoms with van der Waals surface area (Å²) in [5.74, 6) is 0. The largest absolute Gasteiger partial charge is 0.310 e. The highest BCUT2D eigenvalue weighted by atomic mass is 32.1. The maximum Gasteiger partial charge on any atom is 0.0541 e. The zero-order chi connectivity index (χ0) is 41.7. The van der Waals surface area contributed by atoms with E-state index in [4.69, 9.17) is 0 Å². The summed E-state index contributed by atoms with van der Waals surface area (Å²) in [6.07, 6.45) is 0. The molecule has 10 aromatic carbocycles. The third kappa shape index (κ3) is 6.41. The monoisotopic (exact) mass is 820 g/mol. The fourth-order valence-corrected chi connectivity index (χ4v) is 10.7. The Hall–Kier alpha value is -7.98. The summed E-state index contributed by atoms with van der Waals surface area (Å²) < 4.78 is 4.96. The minimum absolute atomic E-state index is 1.09. The molecular formula is C60H40N2S. The van der Waals surface area contributed by atoms with Crippen LogP contribution < -0.4 is 4.90 Å². The van der Waals surface area contributed by atoms with Gasteiger partial charge >= 0.3 is 0 Å². The molecule has 296 valence electrons. The molecular weight excluding hydrogens is 781 g/mol. The third-order valence-corrected chi connectivity index (χ3v) is 13.6. The molecule has 0 saturated heterocycles. The van der Waals surface area contributed by atoms with Gasteiger partial charge in [-0.1, -0.05) is 182 Å². The van der Waals surface area contributed by atoms with E-state index in [-0.39, 0.29) is 0 Å². The minimum atomic E-state index is 1.09. The van der Waals surface area contributed by atoms with E-state index in [9.17, 15) is 0 Å². The molecule has 3 heteroatoms. The molecule has 2 nitrogen and oxygen atoms in total. The van der Waals surface area contributed by atoms with Gasteiger partial charge in [-0.05, 0) is 99.6 Å². The van der Waals surface area contributed by atoms with Crippen molar-refractivity contribution in [3.63, 3.8) is 0 Å². The molecule has 0 unspecified atom stereocenters. The van der Waals surface area contributed by atoms with Crippen molar-refractivity contribution in [1.29, 1.82) is 0 Å². The highest BCUT2D eigenvalue weighted by Gasteiger charge is 2.21. The quantitative estimate of drug-likeness (QED) is 0.148. The van der Waals surface area contributed by atoms with Gasteiger partial charge in [0.15, 0.2) is 0 Å². The van der Waals surface area contributed by atoms with Gasteiger partial charge < -0.3 is 9.47 Å². The maximum absolute atomic E-state index is 2.44. The average Bonchev–Trinajstić information content (AvgIpc) is 3.90. The zero-order valence-corrected chi connectivity index (χ0v) is 35.2. The van der Waals surface area contributed by atoms with Crippen molar-refractivity contribution in [1.82, 2.24) is 4.57 Å². The fraction of sp³-hybridized carbons (Fsp3) is 0. The second-order valence-electron chi connectivity index (χ2n) is 16.1. The van der Waals surface area contributed by atoms with Crippen LogP contribution in [0.4, 0.5) is 17.1 Å². The van der Waals surface area contributed by atoms with Gasteiger partial charge in [0.25, 0.3) is 0 Å². The van der Waals surface area contributed by atoms with Gasteiger partial charge in [-0.15, -0.1) is 11.3 Å². The van der Waals surface area contributed by atoms with Crippen molar-refractivity contribution < 1.29 is 0 Å². The van der Waals surface area contributed by atoms with Crippen molar-refractivity contribution in [3.05, 3.63) is 243 Å². The van der Waals surface area contributed by atoms with E-state index in [1.54, 1.807) is 0 Å². The smallest absolute Gasteiger partial charge is 0.0541 e. The minimum Gasteiger partial charge on any atom is -0.310 e. The van der Waals surface area contributed by atoms with Crippen molar-refractivity contribution in [2.24, 2.45) is 0 Å². The lowest BCUT2D eigenvalue weighted by Gasteiger charge is -2.29. The van der Waals surface area contributed by atoms with Gasteiger partial charge in [-0.3, -0.25) is 0 Å². The van der Waals surface area contributed by atoms with Gasteiger partial charge in [0.1, 0.15) is 0 Å². The van der Waals surface area contributed by atoms with Crippen LogP contribution in [0.2, 0.25) is 0 Å². The number of rotatable bonds is 8. The highest BCUT2D eigenvalue weighted by Crippen LogP contribution is 2.47. The van der Waals surface area contributed by atoms with Crippen LogP contribution in [0.1, 0.15) is 0 Å². The number of hydrogen-bond acceptors (Lipinski definition) is 2. The molecule has 0 amide bonds. The van der Waals surface area contributed by atoms with Gasteiger partial charge in [0, 0.05) is 53.6 Å². The Morgan fingerprint density at radius 1 is 0.302 bits per heavy atom. The van der Waals surface area contributed by atoms with E-state index in [1.165, 1.54) is 75.4 Å². The van der Waals surface area contributed by atoms with E-state index in [2.05, 4.69) is 252 Å². The molecule has 0 N–H and O–H groups in total. The molecule has 2 aromatic heterocycles. The van der Waals surface area contributed by atoms with Crippen LogP contribution in [-0.4, -0.2) is 4.57 Å². The van der Waals surface area contributed by atoms with E-state index < -0.39 is 0 Å². The summed E-state index contributed by atoms with van der Waals surface area (Å²) in [4.78, 5) is 2.44. The Balaban J connectivity index is 1.00. The number of benzene rings is 10. The van der Waals surface area contributed by atoms with Crippen LogP contribution in [0, 0.1) is 0 Å². The lowest BCUT2D eigenvalue weighted by Crippen LogP contribution is -2.11. The second-order valence-corrected chi connectivity index (χ2v) is 17.1. The summed E-state index contributed by atoms with van der Waals surface area (Å²) >= 11 is 1.86. The molecule has 0 bridgehead atoms. The molecule has 0 radical (unpaired) electrons. The normalized spacial score (nSPS) is 11.5. The van der Waals surface area contributed by atoms with Crippen LogP contribution in [0.25, 0.3) is 92.2 Å². The van der Waals surface area contributed by atoms with Crippen LogP contribution in [-0.2, 0) is 0 Å². The number of thiophene rings is 1. The van der Waals surface area contributed by atoms with Gasteiger partial charge in [-0.25, -0.2) is 0 Å². The molecule has 12 rings (SSSR count). The number of hydrogen-bond donors (Lipinski definition) is 0. The topological polar surface area (TPSA) is 8.17 Å². The molecule has 0 fully saturated rings. The highest BCUT2D eigenvalue weighted by molar-refractivity contribution is 7.25.